The zero-order valence-electron chi connectivity index (χ0n) is 13.0. The standard InChI is InChI=1S/C18H16FN4O/c19-16-11-15(12-20-13-16)4-1-3-14-6-9-23(10-7-14)18-17(22-24)5-2-8-21-18/h2-3,5,8,11-13,22H,6-7,9-10H2/q-1. The summed E-state index contributed by atoms with van der Waals surface area (Å²) in [6.45, 7) is 1.56. The van der Waals surface area contributed by atoms with Crippen molar-refractivity contribution >= 4 is 11.5 Å². The minimum Gasteiger partial charge on any atom is -0.761 e. The first-order valence-corrected chi connectivity index (χ1v) is 7.64. The SMILES string of the molecule is [O-]Nc1cccnc1N1CCC(=CC#Cc2cncc(F)c2)CC1. The Morgan fingerprint density at radius 2 is 2.12 bits per heavy atom. The number of allylic oxidation sites excluding steroid dienone is 1. The summed E-state index contributed by atoms with van der Waals surface area (Å²) in [5.74, 6) is 6.14. The third-order valence-corrected chi connectivity index (χ3v) is 3.80. The molecule has 0 spiro atoms. The van der Waals surface area contributed by atoms with Crippen molar-refractivity contribution in [3.05, 3.63) is 65.0 Å². The number of pyridine rings is 2. The van der Waals surface area contributed by atoms with Gasteiger partial charge in [-0.1, -0.05) is 17.4 Å². The van der Waals surface area contributed by atoms with Crippen molar-refractivity contribution in [2.45, 2.75) is 12.8 Å². The normalized spacial score (nSPS) is 13.9. The van der Waals surface area contributed by atoms with E-state index >= 15 is 0 Å². The first-order valence-electron chi connectivity index (χ1n) is 7.64. The summed E-state index contributed by atoms with van der Waals surface area (Å²) in [7, 11) is 0. The minimum atomic E-state index is -0.388. The predicted molar refractivity (Wildman–Crippen MR) is 91.8 cm³/mol. The predicted octanol–water partition coefficient (Wildman–Crippen LogP) is 3.10. The van der Waals surface area contributed by atoms with Crippen LogP contribution in [0.2, 0.25) is 0 Å². The lowest BCUT2D eigenvalue weighted by atomic mass is 10.0. The number of halogens is 1. The lowest BCUT2D eigenvalue weighted by Crippen LogP contribution is -2.31. The van der Waals surface area contributed by atoms with Crippen LogP contribution in [0.25, 0.3) is 0 Å². The van der Waals surface area contributed by atoms with Crippen molar-refractivity contribution in [1.29, 1.82) is 0 Å². The Bertz CT molecular complexity index is 800. The van der Waals surface area contributed by atoms with E-state index in [0.717, 1.165) is 32.1 Å². The first kappa shape index (κ1) is 16.0. The largest absolute Gasteiger partial charge is 0.761 e. The van der Waals surface area contributed by atoms with Crippen LogP contribution in [0, 0.1) is 22.9 Å². The summed E-state index contributed by atoms with van der Waals surface area (Å²) in [6.07, 6.45) is 7.96. The summed E-state index contributed by atoms with van der Waals surface area (Å²) in [5, 5.41) is 11.0. The Balaban J connectivity index is 1.63. The van der Waals surface area contributed by atoms with Crippen molar-refractivity contribution in [1.82, 2.24) is 9.97 Å². The van der Waals surface area contributed by atoms with E-state index in [4.69, 9.17) is 0 Å². The van der Waals surface area contributed by atoms with Gasteiger partial charge in [-0.2, -0.15) is 0 Å². The third kappa shape index (κ3) is 3.89. The van der Waals surface area contributed by atoms with Gasteiger partial charge in [0.2, 0.25) is 0 Å². The average molecular weight is 323 g/mol. The summed E-state index contributed by atoms with van der Waals surface area (Å²) in [6, 6.07) is 4.81. The number of aromatic nitrogens is 2. The summed E-state index contributed by atoms with van der Waals surface area (Å²) in [5.41, 5.74) is 4.21. The second-order valence-corrected chi connectivity index (χ2v) is 5.43. The first-order chi connectivity index (χ1) is 11.8. The molecule has 3 rings (SSSR count). The van der Waals surface area contributed by atoms with Crippen LogP contribution in [0.5, 0.6) is 0 Å². The molecule has 0 aliphatic carbocycles. The quantitative estimate of drug-likeness (QED) is 0.679. The number of nitrogens with one attached hydrogen (secondary N) is 1. The molecule has 1 aliphatic rings. The summed E-state index contributed by atoms with van der Waals surface area (Å²) in [4.78, 5) is 10.1. The Morgan fingerprint density at radius 3 is 2.88 bits per heavy atom. The van der Waals surface area contributed by atoms with E-state index in [-0.39, 0.29) is 5.82 Å². The van der Waals surface area contributed by atoms with Crippen molar-refractivity contribution in [3.63, 3.8) is 0 Å². The van der Waals surface area contributed by atoms with Crippen molar-refractivity contribution < 1.29 is 4.39 Å². The van der Waals surface area contributed by atoms with Crippen LogP contribution >= 0.6 is 0 Å². The second kappa shape index (κ2) is 7.57. The Hall–Kier alpha value is -2.91. The molecule has 24 heavy (non-hydrogen) atoms. The maximum Gasteiger partial charge on any atom is 0.151 e. The molecule has 0 unspecified atom stereocenters. The molecule has 122 valence electrons. The van der Waals surface area contributed by atoms with Crippen LogP contribution in [0.15, 0.2) is 48.4 Å². The van der Waals surface area contributed by atoms with E-state index in [1.54, 1.807) is 18.3 Å². The lowest BCUT2D eigenvalue weighted by Gasteiger charge is -2.31. The number of anilines is 2. The molecule has 1 saturated heterocycles. The molecule has 0 saturated carbocycles. The highest BCUT2D eigenvalue weighted by molar-refractivity contribution is 5.66. The minimum absolute atomic E-state index is 0.388. The highest BCUT2D eigenvalue weighted by atomic mass is 19.1. The van der Waals surface area contributed by atoms with Crippen molar-refractivity contribution in [3.8, 4) is 11.8 Å². The topological polar surface area (TPSA) is 64.1 Å². The molecule has 6 heteroatoms. The number of hydrogen-bond acceptors (Lipinski definition) is 5. The molecule has 1 aliphatic heterocycles. The molecule has 3 heterocycles. The van der Waals surface area contributed by atoms with Crippen molar-refractivity contribution in [2.24, 2.45) is 0 Å². The Kier molecular flexibility index (Phi) is 5.04. The average Bonchev–Trinajstić information content (AvgIpc) is 2.62. The van der Waals surface area contributed by atoms with Gasteiger partial charge in [0.15, 0.2) is 5.82 Å². The highest BCUT2D eigenvalue weighted by Crippen LogP contribution is 2.26. The molecule has 1 fully saturated rings. The van der Waals surface area contributed by atoms with E-state index in [1.807, 2.05) is 11.6 Å². The van der Waals surface area contributed by atoms with Gasteiger partial charge in [0.25, 0.3) is 0 Å². The number of piperidine rings is 1. The zero-order valence-corrected chi connectivity index (χ0v) is 13.0. The van der Waals surface area contributed by atoms with Crippen LogP contribution in [-0.4, -0.2) is 23.1 Å². The lowest BCUT2D eigenvalue weighted by molar-refractivity contribution is 0.621. The molecular formula is C18H16FN4O-. The van der Waals surface area contributed by atoms with E-state index in [2.05, 4.69) is 26.7 Å². The molecule has 0 atom stereocenters. The summed E-state index contributed by atoms with van der Waals surface area (Å²) < 4.78 is 13.0. The van der Waals surface area contributed by atoms with Crippen LogP contribution < -0.4 is 10.4 Å². The van der Waals surface area contributed by atoms with Gasteiger partial charge in [0.1, 0.15) is 5.82 Å². The molecule has 0 amide bonds. The van der Waals surface area contributed by atoms with Gasteiger partial charge in [-0.15, -0.1) is 0 Å². The van der Waals surface area contributed by atoms with Crippen LogP contribution in [-0.2, 0) is 0 Å². The van der Waals surface area contributed by atoms with Gasteiger partial charge < -0.3 is 15.6 Å². The van der Waals surface area contributed by atoms with Gasteiger partial charge in [0.05, 0.1) is 11.9 Å². The molecule has 1 N–H and O–H groups in total. The molecule has 2 aromatic rings. The van der Waals surface area contributed by atoms with Gasteiger partial charge in [-0.3, -0.25) is 4.98 Å². The van der Waals surface area contributed by atoms with E-state index in [0.29, 0.717) is 17.1 Å². The maximum absolute atomic E-state index is 13.0. The Morgan fingerprint density at radius 1 is 1.29 bits per heavy atom. The monoisotopic (exact) mass is 323 g/mol. The molecule has 2 aromatic heterocycles. The Labute approximate surface area is 139 Å². The summed E-state index contributed by atoms with van der Waals surface area (Å²) >= 11 is 0. The molecule has 5 nitrogen and oxygen atoms in total. The van der Waals surface area contributed by atoms with Crippen LogP contribution in [0.1, 0.15) is 18.4 Å². The van der Waals surface area contributed by atoms with E-state index in [1.165, 1.54) is 17.8 Å². The van der Waals surface area contributed by atoms with Crippen LogP contribution in [0.3, 0.4) is 0 Å². The van der Waals surface area contributed by atoms with Gasteiger partial charge >= 0.3 is 0 Å². The fraction of sp³-hybridized carbons (Fsp3) is 0.222. The molecule has 0 bridgehead atoms. The van der Waals surface area contributed by atoms with E-state index < -0.39 is 0 Å². The second-order valence-electron chi connectivity index (χ2n) is 5.43. The van der Waals surface area contributed by atoms with Crippen LogP contribution in [0.4, 0.5) is 15.9 Å². The zero-order chi connectivity index (χ0) is 16.8. The molecule has 0 aromatic carbocycles. The fourth-order valence-electron chi connectivity index (χ4n) is 2.58. The number of hydrogen-bond donors (Lipinski definition) is 1. The number of nitrogens with zero attached hydrogens (tertiary/aromatic N) is 3. The third-order valence-electron chi connectivity index (χ3n) is 3.80. The van der Waals surface area contributed by atoms with Gasteiger partial charge in [-0.25, -0.2) is 9.37 Å². The molecule has 0 radical (unpaired) electrons. The maximum atomic E-state index is 13.0. The van der Waals surface area contributed by atoms with Gasteiger partial charge in [0, 0.05) is 31.0 Å². The van der Waals surface area contributed by atoms with Crippen molar-refractivity contribution in [2.75, 3.05) is 23.5 Å². The highest BCUT2D eigenvalue weighted by Gasteiger charge is 2.16. The number of rotatable bonds is 2. The molecular weight excluding hydrogens is 307 g/mol. The smallest absolute Gasteiger partial charge is 0.151 e. The van der Waals surface area contributed by atoms with E-state index in [9.17, 15) is 9.60 Å². The van der Waals surface area contributed by atoms with Gasteiger partial charge in [-0.05, 0) is 37.1 Å². The fourth-order valence-corrected chi connectivity index (χ4v) is 2.58.